The number of carbonyl (C=O) groups is 1. The van der Waals surface area contributed by atoms with E-state index in [1.807, 2.05) is 37.3 Å². The minimum atomic E-state index is 0.0364. The normalized spacial score (nSPS) is 10.3. The lowest BCUT2D eigenvalue weighted by Gasteiger charge is -2.23. The van der Waals surface area contributed by atoms with E-state index in [9.17, 15) is 4.79 Å². The van der Waals surface area contributed by atoms with Crippen LogP contribution in [0.5, 0.6) is 0 Å². The Bertz CT molecular complexity index is 596. The maximum absolute atomic E-state index is 11.8. The van der Waals surface area contributed by atoms with Gasteiger partial charge in [-0.2, -0.15) is 0 Å². The molecule has 0 aliphatic carbocycles. The molecule has 2 aromatic carbocycles. The van der Waals surface area contributed by atoms with Crippen molar-refractivity contribution in [1.29, 1.82) is 0 Å². The van der Waals surface area contributed by atoms with Gasteiger partial charge in [0, 0.05) is 18.9 Å². The van der Waals surface area contributed by atoms with E-state index in [1.165, 1.54) is 0 Å². The Hall–Kier alpha value is -2.09. The van der Waals surface area contributed by atoms with E-state index in [1.54, 1.807) is 11.8 Å². The first-order chi connectivity index (χ1) is 8.59. The van der Waals surface area contributed by atoms with Crippen LogP contribution in [0.2, 0.25) is 0 Å². The zero-order chi connectivity index (χ0) is 13.1. The monoisotopic (exact) mass is 239 g/mol. The molecule has 0 unspecified atom stereocenters. The summed E-state index contributed by atoms with van der Waals surface area (Å²) in [5, 5.41) is 2.24. The van der Waals surface area contributed by atoms with Gasteiger partial charge in [-0.15, -0.1) is 0 Å². The molecule has 0 aliphatic rings. The highest BCUT2D eigenvalue weighted by molar-refractivity contribution is 6.03. The summed E-state index contributed by atoms with van der Waals surface area (Å²) in [4.78, 5) is 13.6. The van der Waals surface area contributed by atoms with Gasteiger partial charge >= 0.3 is 0 Å². The summed E-state index contributed by atoms with van der Waals surface area (Å²) in [6, 6.07) is 14.1. The van der Waals surface area contributed by atoms with Crippen LogP contribution in [0, 0.1) is 0 Å². The lowest BCUT2D eigenvalue weighted by molar-refractivity contribution is -0.116. The third-order valence-corrected chi connectivity index (χ3v) is 2.87. The number of carbonyl (C=O) groups excluding carboxylic acids is 1. The minimum absolute atomic E-state index is 0.0364. The van der Waals surface area contributed by atoms with Crippen molar-refractivity contribution < 1.29 is 4.79 Å². The largest absolute Gasteiger partial charge is 0.308 e. The van der Waals surface area contributed by atoms with Gasteiger partial charge in [0.05, 0.1) is 5.69 Å². The van der Waals surface area contributed by atoms with Crippen LogP contribution in [0.3, 0.4) is 0 Å². The zero-order valence-corrected chi connectivity index (χ0v) is 10.8. The van der Waals surface area contributed by atoms with Crippen LogP contribution < -0.4 is 4.90 Å². The third-order valence-electron chi connectivity index (χ3n) is 2.87. The summed E-state index contributed by atoms with van der Waals surface area (Å²) in [5.74, 6) is 0.0364. The fourth-order valence-corrected chi connectivity index (χ4v) is 2.08. The summed E-state index contributed by atoms with van der Waals surface area (Å²) in [6.45, 7) is 7.97. The molecule has 0 aromatic heterocycles. The second kappa shape index (κ2) is 5.05. The van der Waals surface area contributed by atoms with Gasteiger partial charge in [0.1, 0.15) is 0 Å². The second-order valence-corrected chi connectivity index (χ2v) is 4.56. The first kappa shape index (κ1) is 12.4. The topological polar surface area (TPSA) is 20.3 Å². The van der Waals surface area contributed by atoms with Crippen molar-refractivity contribution in [3.05, 3.63) is 54.6 Å². The van der Waals surface area contributed by atoms with E-state index in [0.29, 0.717) is 6.54 Å². The molecular formula is C16H17NO. The molecule has 2 rings (SSSR count). The quantitative estimate of drug-likeness (QED) is 0.747. The van der Waals surface area contributed by atoms with Crippen LogP contribution >= 0.6 is 0 Å². The van der Waals surface area contributed by atoms with Crippen molar-refractivity contribution in [2.45, 2.75) is 13.8 Å². The van der Waals surface area contributed by atoms with E-state index in [0.717, 1.165) is 22.0 Å². The van der Waals surface area contributed by atoms with Crippen molar-refractivity contribution in [2.24, 2.45) is 0 Å². The molecule has 92 valence electrons. The Morgan fingerprint density at radius 2 is 1.78 bits per heavy atom. The zero-order valence-electron chi connectivity index (χ0n) is 10.8. The van der Waals surface area contributed by atoms with E-state index in [2.05, 4.69) is 18.7 Å². The van der Waals surface area contributed by atoms with Crippen LogP contribution in [-0.4, -0.2) is 12.5 Å². The minimum Gasteiger partial charge on any atom is -0.308 e. The first-order valence-electron chi connectivity index (χ1n) is 6.00. The summed E-state index contributed by atoms with van der Waals surface area (Å²) in [6.07, 6.45) is 0. The summed E-state index contributed by atoms with van der Waals surface area (Å²) in [7, 11) is 0. The summed E-state index contributed by atoms with van der Waals surface area (Å²) >= 11 is 0. The maximum atomic E-state index is 11.8. The van der Waals surface area contributed by atoms with Crippen LogP contribution in [-0.2, 0) is 4.79 Å². The second-order valence-electron chi connectivity index (χ2n) is 4.56. The van der Waals surface area contributed by atoms with Crippen molar-refractivity contribution >= 4 is 22.4 Å². The molecule has 0 radical (unpaired) electrons. The fraction of sp³-hybridized carbons (Fsp3) is 0.188. The molecule has 0 heterocycles. The molecule has 0 saturated carbocycles. The Kier molecular flexibility index (Phi) is 3.47. The van der Waals surface area contributed by atoms with Crippen molar-refractivity contribution in [1.82, 2.24) is 0 Å². The Morgan fingerprint density at radius 3 is 2.44 bits per heavy atom. The number of hydrogen-bond acceptors (Lipinski definition) is 1. The van der Waals surface area contributed by atoms with Crippen molar-refractivity contribution in [2.75, 3.05) is 11.4 Å². The highest BCUT2D eigenvalue weighted by Crippen LogP contribution is 2.27. The van der Waals surface area contributed by atoms with Gasteiger partial charge in [0.25, 0.3) is 0 Å². The fourth-order valence-electron chi connectivity index (χ4n) is 2.08. The number of nitrogens with zero attached hydrogens (tertiary/aromatic N) is 1. The van der Waals surface area contributed by atoms with Crippen molar-refractivity contribution in [3.63, 3.8) is 0 Å². The van der Waals surface area contributed by atoms with Gasteiger partial charge in [-0.3, -0.25) is 4.79 Å². The number of amides is 1. The van der Waals surface area contributed by atoms with Gasteiger partial charge in [-0.25, -0.2) is 0 Å². The highest BCUT2D eigenvalue weighted by Gasteiger charge is 2.13. The molecular weight excluding hydrogens is 222 g/mol. The number of rotatable bonds is 3. The van der Waals surface area contributed by atoms with Crippen molar-refractivity contribution in [3.8, 4) is 0 Å². The molecule has 2 aromatic rings. The van der Waals surface area contributed by atoms with Gasteiger partial charge in [-0.1, -0.05) is 48.6 Å². The van der Waals surface area contributed by atoms with E-state index in [4.69, 9.17) is 0 Å². The Morgan fingerprint density at radius 1 is 1.11 bits per heavy atom. The molecule has 2 nitrogen and oxygen atoms in total. The third kappa shape index (κ3) is 2.43. The lowest BCUT2D eigenvalue weighted by atomic mass is 10.1. The van der Waals surface area contributed by atoms with E-state index < -0.39 is 0 Å². The summed E-state index contributed by atoms with van der Waals surface area (Å²) in [5.41, 5.74) is 1.92. The van der Waals surface area contributed by atoms with Crippen LogP contribution in [0.4, 0.5) is 5.69 Å². The molecule has 0 fully saturated rings. The van der Waals surface area contributed by atoms with Gasteiger partial charge in [-0.05, 0) is 18.4 Å². The van der Waals surface area contributed by atoms with Crippen LogP contribution in [0.25, 0.3) is 10.8 Å². The molecule has 0 N–H and O–H groups in total. The predicted molar refractivity (Wildman–Crippen MR) is 76.8 cm³/mol. The average molecular weight is 239 g/mol. The number of anilines is 1. The van der Waals surface area contributed by atoms with Gasteiger partial charge in [0.15, 0.2) is 0 Å². The van der Waals surface area contributed by atoms with E-state index >= 15 is 0 Å². The van der Waals surface area contributed by atoms with Gasteiger partial charge in [0.2, 0.25) is 5.91 Å². The molecule has 2 heteroatoms. The lowest BCUT2D eigenvalue weighted by Crippen LogP contribution is -2.30. The molecule has 18 heavy (non-hydrogen) atoms. The van der Waals surface area contributed by atoms with E-state index in [-0.39, 0.29) is 5.91 Å². The number of benzene rings is 2. The standard InChI is InChI=1S/C16H17NO/c1-12(2)11-17(13(3)18)16-10-6-8-14-7-4-5-9-15(14)16/h4-10H,1,11H2,2-3H3. The number of fused-ring (bicyclic) bond motifs is 1. The average Bonchev–Trinajstić information content (AvgIpc) is 2.35. The van der Waals surface area contributed by atoms with Crippen LogP contribution in [0.1, 0.15) is 13.8 Å². The predicted octanol–water partition coefficient (Wildman–Crippen LogP) is 3.77. The van der Waals surface area contributed by atoms with Crippen LogP contribution in [0.15, 0.2) is 54.6 Å². The molecule has 0 aliphatic heterocycles. The van der Waals surface area contributed by atoms with Gasteiger partial charge < -0.3 is 4.90 Å². The smallest absolute Gasteiger partial charge is 0.224 e. The summed E-state index contributed by atoms with van der Waals surface area (Å²) < 4.78 is 0. The molecule has 0 spiro atoms. The maximum Gasteiger partial charge on any atom is 0.224 e. The SMILES string of the molecule is C=C(C)CN(C(C)=O)c1cccc2ccccc12. The Labute approximate surface area is 108 Å². The Balaban J connectivity index is 2.57. The molecule has 0 atom stereocenters. The number of hydrogen-bond donors (Lipinski definition) is 0. The molecule has 0 saturated heterocycles. The molecule has 0 bridgehead atoms. The first-order valence-corrected chi connectivity index (χ1v) is 6.00. The highest BCUT2D eigenvalue weighted by atomic mass is 16.2. The molecule has 1 amide bonds.